The summed E-state index contributed by atoms with van der Waals surface area (Å²) in [4.78, 5) is 23.5. The molecule has 0 aromatic carbocycles. The van der Waals surface area contributed by atoms with Gasteiger partial charge >= 0.3 is 5.97 Å². The second-order valence-electron chi connectivity index (χ2n) is 4.08. The van der Waals surface area contributed by atoms with E-state index in [2.05, 4.69) is 0 Å². The largest absolute Gasteiger partial charge is 0.478 e. The van der Waals surface area contributed by atoms with Gasteiger partial charge in [-0.15, -0.1) is 0 Å². The van der Waals surface area contributed by atoms with Crippen molar-refractivity contribution in [1.29, 1.82) is 0 Å². The first-order valence-corrected chi connectivity index (χ1v) is 4.66. The van der Waals surface area contributed by atoms with Gasteiger partial charge in [0, 0.05) is 24.2 Å². The Morgan fingerprint density at radius 3 is 2.43 bits per heavy atom. The van der Waals surface area contributed by atoms with Crippen LogP contribution in [0.5, 0.6) is 0 Å². The molecule has 4 heteroatoms. The van der Waals surface area contributed by atoms with E-state index in [-0.39, 0.29) is 11.4 Å². The minimum absolute atomic E-state index is 0.139. The van der Waals surface area contributed by atoms with E-state index >= 15 is 0 Å². The number of carbonyl (C=O) groups excluding carboxylic acids is 1. The molecule has 1 fully saturated rings. The van der Waals surface area contributed by atoms with Gasteiger partial charge < -0.3 is 10.0 Å². The van der Waals surface area contributed by atoms with Crippen LogP contribution in [0.15, 0.2) is 12.2 Å². The Bertz CT molecular complexity index is 281. The highest BCUT2D eigenvalue weighted by atomic mass is 16.4. The van der Waals surface area contributed by atoms with Crippen LogP contribution < -0.4 is 0 Å². The van der Waals surface area contributed by atoms with Crippen LogP contribution in [0.1, 0.15) is 26.7 Å². The van der Waals surface area contributed by atoms with Gasteiger partial charge in [-0.3, -0.25) is 4.79 Å². The van der Waals surface area contributed by atoms with E-state index in [0.717, 1.165) is 31.5 Å². The smallest absolute Gasteiger partial charge is 0.328 e. The summed E-state index contributed by atoms with van der Waals surface area (Å²) in [5.74, 6) is -1.30. The monoisotopic (exact) mass is 197 g/mol. The Labute approximate surface area is 83.2 Å². The number of carboxylic acids is 1. The second kappa shape index (κ2) is 3.82. The Balaban J connectivity index is 2.66. The van der Waals surface area contributed by atoms with Gasteiger partial charge in [-0.25, -0.2) is 4.79 Å². The summed E-state index contributed by atoms with van der Waals surface area (Å²) in [5.41, 5.74) is -0.139. The number of hydrogen-bond donors (Lipinski definition) is 1. The molecule has 1 aliphatic rings. The van der Waals surface area contributed by atoms with Gasteiger partial charge in [0.15, 0.2) is 0 Å². The lowest BCUT2D eigenvalue weighted by Gasteiger charge is -2.30. The first kappa shape index (κ1) is 10.8. The molecular weight excluding hydrogens is 182 g/mol. The minimum Gasteiger partial charge on any atom is -0.478 e. The Kier molecular flexibility index (Phi) is 2.93. The summed E-state index contributed by atoms with van der Waals surface area (Å²) in [6.07, 6.45) is 3.96. The fraction of sp³-hybridized carbons (Fsp3) is 0.600. The molecule has 0 spiro atoms. The molecular formula is C10H15NO3. The molecule has 1 amide bonds. The normalized spacial score (nSPS) is 20.3. The Morgan fingerprint density at radius 1 is 1.36 bits per heavy atom. The van der Waals surface area contributed by atoms with Gasteiger partial charge in [0.05, 0.1) is 0 Å². The number of amides is 1. The van der Waals surface area contributed by atoms with Crippen molar-refractivity contribution < 1.29 is 14.7 Å². The summed E-state index contributed by atoms with van der Waals surface area (Å²) in [7, 11) is 0. The van der Waals surface area contributed by atoms with Crippen LogP contribution in [0.3, 0.4) is 0 Å². The lowest BCUT2D eigenvalue weighted by atomic mass is 10.0. The highest BCUT2D eigenvalue weighted by Crippen LogP contribution is 2.28. The predicted octanol–water partition coefficient (Wildman–Crippen LogP) is 1.03. The second-order valence-corrected chi connectivity index (χ2v) is 4.08. The molecule has 0 aromatic heterocycles. The highest BCUT2D eigenvalue weighted by Gasteiger charge is 2.34. The number of carboxylic acid groups (broad SMARTS) is 1. The molecule has 0 bridgehead atoms. The average molecular weight is 197 g/mol. The van der Waals surface area contributed by atoms with E-state index in [1.807, 2.05) is 13.8 Å². The molecule has 0 radical (unpaired) electrons. The first-order chi connectivity index (χ1) is 6.43. The number of carbonyl (C=O) groups is 2. The summed E-state index contributed by atoms with van der Waals surface area (Å²) in [6, 6.07) is 0. The molecule has 1 saturated heterocycles. The molecule has 4 nitrogen and oxygen atoms in total. The van der Waals surface area contributed by atoms with Gasteiger partial charge in [0.2, 0.25) is 5.91 Å². The summed E-state index contributed by atoms with van der Waals surface area (Å²) in [5, 5.41) is 8.38. The number of rotatable bonds is 2. The zero-order valence-corrected chi connectivity index (χ0v) is 8.49. The van der Waals surface area contributed by atoms with Gasteiger partial charge in [0.1, 0.15) is 0 Å². The van der Waals surface area contributed by atoms with Crippen molar-refractivity contribution in [3.05, 3.63) is 12.2 Å². The van der Waals surface area contributed by atoms with Crippen LogP contribution >= 0.6 is 0 Å². The minimum atomic E-state index is -1.09. The van der Waals surface area contributed by atoms with Gasteiger partial charge in [0.25, 0.3) is 0 Å². The number of aliphatic carboxylic acids is 1. The van der Waals surface area contributed by atoms with E-state index in [4.69, 9.17) is 5.11 Å². The highest BCUT2D eigenvalue weighted by molar-refractivity contribution is 5.94. The maximum Gasteiger partial charge on any atom is 0.328 e. The van der Waals surface area contributed by atoms with E-state index in [1.54, 1.807) is 4.90 Å². The lowest BCUT2D eigenvalue weighted by molar-refractivity contribution is -0.133. The topological polar surface area (TPSA) is 57.6 Å². The molecule has 1 rings (SSSR count). The van der Waals surface area contributed by atoms with Gasteiger partial charge in [-0.2, -0.15) is 0 Å². The molecule has 0 aliphatic carbocycles. The van der Waals surface area contributed by atoms with E-state index in [1.165, 1.54) is 0 Å². The molecule has 14 heavy (non-hydrogen) atoms. The molecule has 0 aromatic rings. The first-order valence-electron chi connectivity index (χ1n) is 4.66. The fourth-order valence-corrected chi connectivity index (χ4v) is 1.75. The quantitative estimate of drug-likeness (QED) is 0.672. The number of likely N-dealkylation sites (tertiary alicyclic amines) is 1. The van der Waals surface area contributed by atoms with E-state index in [9.17, 15) is 9.59 Å². The fourth-order valence-electron chi connectivity index (χ4n) is 1.75. The van der Waals surface area contributed by atoms with Crippen molar-refractivity contribution in [3.8, 4) is 0 Å². The Hall–Kier alpha value is -1.32. The number of nitrogens with zero attached hydrogens (tertiary/aromatic N) is 1. The summed E-state index contributed by atoms with van der Waals surface area (Å²) < 4.78 is 0. The zero-order chi connectivity index (χ0) is 10.8. The van der Waals surface area contributed by atoms with Crippen LogP contribution in [0, 0.1) is 0 Å². The van der Waals surface area contributed by atoms with Crippen molar-refractivity contribution in [2.75, 3.05) is 6.54 Å². The maximum atomic E-state index is 11.5. The van der Waals surface area contributed by atoms with Crippen molar-refractivity contribution in [1.82, 2.24) is 4.90 Å². The predicted molar refractivity (Wildman–Crippen MR) is 51.8 cm³/mol. The van der Waals surface area contributed by atoms with Crippen LogP contribution in [0.2, 0.25) is 0 Å². The van der Waals surface area contributed by atoms with Crippen LogP contribution in [-0.2, 0) is 9.59 Å². The van der Waals surface area contributed by atoms with Crippen LogP contribution in [-0.4, -0.2) is 34.0 Å². The molecule has 0 unspecified atom stereocenters. The molecule has 1 heterocycles. The molecule has 1 aliphatic heterocycles. The zero-order valence-electron chi connectivity index (χ0n) is 8.49. The van der Waals surface area contributed by atoms with E-state index in [0.29, 0.717) is 0 Å². The Morgan fingerprint density at radius 2 is 2.00 bits per heavy atom. The van der Waals surface area contributed by atoms with Crippen LogP contribution in [0.25, 0.3) is 0 Å². The molecule has 1 N–H and O–H groups in total. The number of hydrogen-bond acceptors (Lipinski definition) is 2. The van der Waals surface area contributed by atoms with Crippen molar-refractivity contribution in [2.45, 2.75) is 32.2 Å². The molecule has 0 atom stereocenters. The SMILES string of the molecule is CC1(C)CCCN1C(=O)/C=C/C(=O)O. The van der Waals surface area contributed by atoms with Crippen molar-refractivity contribution >= 4 is 11.9 Å². The average Bonchev–Trinajstić information content (AvgIpc) is 2.41. The summed E-state index contributed by atoms with van der Waals surface area (Å²) in [6.45, 7) is 4.70. The van der Waals surface area contributed by atoms with Crippen LogP contribution in [0.4, 0.5) is 0 Å². The third-order valence-electron chi connectivity index (χ3n) is 2.54. The third kappa shape index (κ3) is 2.34. The van der Waals surface area contributed by atoms with E-state index < -0.39 is 5.97 Å². The van der Waals surface area contributed by atoms with Crippen molar-refractivity contribution in [2.24, 2.45) is 0 Å². The van der Waals surface area contributed by atoms with Gasteiger partial charge in [-0.05, 0) is 26.7 Å². The lowest BCUT2D eigenvalue weighted by Crippen LogP contribution is -2.41. The molecule has 78 valence electrons. The van der Waals surface area contributed by atoms with Crippen molar-refractivity contribution in [3.63, 3.8) is 0 Å². The van der Waals surface area contributed by atoms with Gasteiger partial charge in [-0.1, -0.05) is 0 Å². The summed E-state index contributed by atoms with van der Waals surface area (Å²) >= 11 is 0. The third-order valence-corrected chi connectivity index (χ3v) is 2.54. The standard InChI is InChI=1S/C10H15NO3/c1-10(2)6-3-7-11(10)8(12)4-5-9(13)14/h4-5H,3,6-7H2,1-2H3,(H,13,14)/b5-4+. The molecule has 0 saturated carbocycles. The maximum absolute atomic E-state index is 11.5.